The van der Waals surface area contributed by atoms with E-state index in [1.807, 2.05) is 61.7 Å². The molecule has 0 fully saturated rings. The van der Waals surface area contributed by atoms with E-state index in [9.17, 15) is 4.79 Å². The van der Waals surface area contributed by atoms with E-state index >= 15 is 0 Å². The standard InChI is InChI=1S/C23H19N3O/c1-17-6-2-5-9-22(17)26(23(27)19-10-12-24-13-11-19)16-18-14-20-7-3-4-8-21(20)25-15-18/h2-15H,16H2,1H3. The minimum Gasteiger partial charge on any atom is -0.304 e. The third-order valence-corrected chi connectivity index (χ3v) is 4.57. The van der Waals surface area contributed by atoms with Crippen LogP contribution < -0.4 is 4.90 Å². The molecule has 27 heavy (non-hydrogen) atoms. The van der Waals surface area contributed by atoms with Crippen LogP contribution in [0.3, 0.4) is 0 Å². The van der Waals surface area contributed by atoms with E-state index in [0.717, 1.165) is 27.7 Å². The number of para-hydroxylation sites is 2. The van der Waals surface area contributed by atoms with Gasteiger partial charge in [0, 0.05) is 35.2 Å². The maximum atomic E-state index is 13.2. The lowest BCUT2D eigenvalue weighted by Crippen LogP contribution is -2.31. The van der Waals surface area contributed by atoms with Gasteiger partial charge in [-0.2, -0.15) is 0 Å². The van der Waals surface area contributed by atoms with Crippen molar-refractivity contribution in [1.29, 1.82) is 0 Å². The van der Waals surface area contributed by atoms with Crippen LogP contribution in [-0.2, 0) is 6.54 Å². The fourth-order valence-corrected chi connectivity index (χ4v) is 3.17. The number of nitrogens with zero attached hydrogens (tertiary/aromatic N) is 3. The van der Waals surface area contributed by atoms with Gasteiger partial charge in [-0.1, -0.05) is 36.4 Å². The van der Waals surface area contributed by atoms with E-state index in [2.05, 4.69) is 16.0 Å². The number of hydrogen-bond donors (Lipinski definition) is 0. The van der Waals surface area contributed by atoms with Crippen LogP contribution in [0, 0.1) is 6.92 Å². The minimum absolute atomic E-state index is 0.0557. The third kappa shape index (κ3) is 3.55. The van der Waals surface area contributed by atoms with Crippen molar-refractivity contribution < 1.29 is 4.79 Å². The first-order valence-electron chi connectivity index (χ1n) is 8.83. The van der Waals surface area contributed by atoms with Gasteiger partial charge in [-0.3, -0.25) is 14.8 Å². The summed E-state index contributed by atoms with van der Waals surface area (Å²) in [5.74, 6) is -0.0557. The fourth-order valence-electron chi connectivity index (χ4n) is 3.17. The van der Waals surface area contributed by atoms with Crippen molar-refractivity contribution in [2.24, 2.45) is 0 Å². The minimum atomic E-state index is -0.0557. The molecule has 4 heteroatoms. The van der Waals surface area contributed by atoms with Gasteiger partial charge in [0.2, 0.25) is 0 Å². The maximum absolute atomic E-state index is 13.2. The van der Waals surface area contributed by atoms with Gasteiger partial charge in [-0.15, -0.1) is 0 Å². The van der Waals surface area contributed by atoms with Gasteiger partial charge in [0.1, 0.15) is 0 Å². The SMILES string of the molecule is Cc1ccccc1N(Cc1cnc2ccccc2c1)C(=O)c1ccncc1. The van der Waals surface area contributed by atoms with Gasteiger partial charge in [-0.05, 0) is 48.4 Å². The highest BCUT2D eigenvalue weighted by molar-refractivity contribution is 6.06. The van der Waals surface area contributed by atoms with Gasteiger partial charge < -0.3 is 4.90 Å². The highest BCUT2D eigenvalue weighted by Gasteiger charge is 2.20. The second kappa shape index (κ2) is 7.38. The first kappa shape index (κ1) is 16.9. The molecule has 1 amide bonds. The molecule has 2 aromatic carbocycles. The number of amides is 1. The summed E-state index contributed by atoms with van der Waals surface area (Å²) in [7, 11) is 0. The van der Waals surface area contributed by atoms with E-state index in [1.165, 1.54) is 0 Å². The van der Waals surface area contributed by atoms with Crippen LogP contribution in [0.2, 0.25) is 0 Å². The average Bonchev–Trinajstić information content (AvgIpc) is 2.73. The highest BCUT2D eigenvalue weighted by atomic mass is 16.2. The van der Waals surface area contributed by atoms with Crippen LogP contribution in [0.25, 0.3) is 10.9 Å². The van der Waals surface area contributed by atoms with Crippen molar-refractivity contribution in [2.75, 3.05) is 4.90 Å². The van der Waals surface area contributed by atoms with Crippen LogP contribution in [0.15, 0.2) is 85.3 Å². The number of aryl methyl sites for hydroxylation is 1. The molecule has 0 radical (unpaired) electrons. The summed E-state index contributed by atoms with van der Waals surface area (Å²) < 4.78 is 0. The maximum Gasteiger partial charge on any atom is 0.258 e. The van der Waals surface area contributed by atoms with Gasteiger partial charge in [-0.25, -0.2) is 0 Å². The molecular weight excluding hydrogens is 334 g/mol. The Kier molecular flexibility index (Phi) is 4.62. The Hall–Kier alpha value is -3.53. The van der Waals surface area contributed by atoms with E-state index < -0.39 is 0 Å². The van der Waals surface area contributed by atoms with Gasteiger partial charge in [0.05, 0.1) is 12.1 Å². The normalized spacial score (nSPS) is 10.7. The smallest absolute Gasteiger partial charge is 0.258 e. The topological polar surface area (TPSA) is 46.1 Å². The van der Waals surface area contributed by atoms with Gasteiger partial charge in [0.15, 0.2) is 0 Å². The Balaban J connectivity index is 1.75. The molecule has 2 aromatic heterocycles. The van der Waals surface area contributed by atoms with Crippen molar-refractivity contribution in [3.8, 4) is 0 Å². The number of fused-ring (bicyclic) bond motifs is 1. The molecule has 0 unspecified atom stereocenters. The van der Waals surface area contributed by atoms with E-state index in [1.54, 1.807) is 29.4 Å². The van der Waals surface area contributed by atoms with Crippen LogP contribution in [0.4, 0.5) is 5.69 Å². The molecule has 2 heterocycles. The third-order valence-electron chi connectivity index (χ3n) is 4.57. The largest absolute Gasteiger partial charge is 0.304 e. The zero-order valence-electron chi connectivity index (χ0n) is 15.0. The number of anilines is 1. The molecule has 0 aliphatic carbocycles. The average molecular weight is 353 g/mol. The molecule has 132 valence electrons. The number of benzene rings is 2. The summed E-state index contributed by atoms with van der Waals surface area (Å²) in [6.07, 6.45) is 5.12. The van der Waals surface area contributed by atoms with Crippen molar-refractivity contribution in [1.82, 2.24) is 9.97 Å². The van der Waals surface area contributed by atoms with E-state index in [4.69, 9.17) is 0 Å². The molecule has 4 aromatic rings. The molecule has 0 saturated heterocycles. The zero-order valence-corrected chi connectivity index (χ0v) is 15.0. The quantitative estimate of drug-likeness (QED) is 0.530. The predicted octanol–water partition coefficient (Wildman–Crippen LogP) is 4.79. The number of carbonyl (C=O) groups excluding carboxylic acids is 1. The van der Waals surface area contributed by atoms with Crippen LogP contribution in [0.5, 0.6) is 0 Å². The lowest BCUT2D eigenvalue weighted by molar-refractivity contribution is 0.0985. The zero-order chi connectivity index (χ0) is 18.6. The summed E-state index contributed by atoms with van der Waals surface area (Å²) in [5, 5.41) is 1.07. The summed E-state index contributed by atoms with van der Waals surface area (Å²) in [6.45, 7) is 2.46. The van der Waals surface area contributed by atoms with Crippen LogP contribution in [-0.4, -0.2) is 15.9 Å². The summed E-state index contributed by atoms with van der Waals surface area (Å²) in [4.78, 5) is 23.6. The predicted molar refractivity (Wildman–Crippen MR) is 108 cm³/mol. The summed E-state index contributed by atoms with van der Waals surface area (Å²) in [5.41, 5.74) is 4.49. The summed E-state index contributed by atoms with van der Waals surface area (Å²) >= 11 is 0. The van der Waals surface area contributed by atoms with Crippen LogP contribution >= 0.6 is 0 Å². The molecule has 0 saturated carbocycles. The Bertz CT molecular complexity index is 1090. The number of aromatic nitrogens is 2. The molecule has 0 spiro atoms. The fraction of sp³-hybridized carbons (Fsp3) is 0.0870. The number of pyridine rings is 2. The van der Waals surface area contributed by atoms with E-state index in [0.29, 0.717) is 12.1 Å². The Labute approximate surface area is 158 Å². The highest BCUT2D eigenvalue weighted by Crippen LogP contribution is 2.24. The number of rotatable bonds is 4. The molecule has 0 bridgehead atoms. The summed E-state index contributed by atoms with van der Waals surface area (Å²) in [6, 6.07) is 21.5. The Morgan fingerprint density at radius 3 is 2.52 bits per heavy atom. The van der Waals surface area contributed by atoms with E-state index in [-0.39, 0.29) is 5.91 Å². The van der Waals surface area contributed by atoms with Crippen molar-refractivity contribution >= 4 is 22.5 Å². The molecule has 0 aliphatic heterocycles. The number of carbonyl (C=O) groups is 1. The van der Waals surface area contributed by atoms with Gasteiger partial charge in [0.25, 0.3) is 5.91 Å². The molecule has 0 N–H and O–H groups in total. The number of hydrogen-bond acceptors (Lipinski definition) is 3. The second-order valence-corrected chi connectivity index (χ2v) is 6.45. The Morgan fingerprint density at radius 2 is 1.70 bits per heavy atom. The Morgan fingerprint density at radius 1 is 0.963 bits per heavy atom. The molecule has 4 rings (SSSR count). The van der Waals surface area contributed by atoms with Gasteiger partial charge >= 0.3 is 0 Å². The van der Waals surface area contributed by atoms with Crippen molar-refractivity contribution in [3.05, 3.63) is 102 Å². The first-order valence-corrected chi connectivity index (χ1v) is 8.83. The lowest BCUT2D eigenvalue weighted by Gasteiger charge is -2.25. The first-order chi connectivity index (χ1) is 13.2. The second-order valence-electron chi connectivity index (χ2n) is 6.45. The lowest BCUT2D eigenvalue weighted by atomic mass is 10.1. The van der Waals surface area contributed by atoms with Crippen molar-refractivity contribution in [3.63, 3.8) is 0 Å². The molecule has 4 nitrogen and oxygen atoms in total. The van der Waals surface area contributed by atoms with Crippen molar-refractivity contribution in [2.45, 2.75) is 13.5 Å². The molecule has 0 atom stereocenters. The monoisotopic (exact) mass is 353 g/mol. The van der Waals surface area contributed by atoms with Crippen LogP contribution in [0.1, 0.15) is 21.5 Å². The molecule has 0 aliphatic rings. The molecular formula is C23H19N3O.